The molecular weight excluding hydrogens is 256 g/mol. The van der Waals surface area contributed by atoms with Crippen molar-refractivity contribution in [3.05, 3.63) is 29.6 Å². The van der Waals surface area contributed by atoms with Crippen molar-refractivity contribution >= 4 is 5.97 Å². The fraction of sp³-hybridized carbons (Fsp3) is 0.600. The molecule has 110 valence electrons. The van der Waals surface area contributed by atoms with Gasteiger partial charge in [-0.15, -0.1) is 0 Å². The van der Waals surface area contributed by atoms with Crippen molar-refractivity contribution < 1.29 is 15.0 Å². The number of carbonyl (C=O) groups is 1. The Morgan fingerprint density at radius 2 is 2.35 bits per heavy atom. The maximum Gasteiger partial charge on any atom is 0.337 e. The monoisotopic (exact) mass is 278 g/mol. The Balaban J connectivity index is 1.82. The highest BCUT2D eigenvalue weighted by atomic mass is 16.4. The van der Waals surface area contributed by atoms with Crippen LogP contribution in [0.3, 0.4) is 0 Å². The normalized spacial score (nSPS) is 26.4. The molecule has 1 aliphatic rings. The van der Waals surface area contributed by atoms with Gasteiger partial charge in [0, 0.05) is 19.3 Å². The molecule has 0 aromatic carbocycles. The lowest BCUT2D eigenvalue weighted by Gasteiger charge is -2.35. The van der Waals surface area contributed by atoms with Gasteiger partial charge in [0.15, 0.2) is 0 Å². The van der Waals surface area contributed by atoms with Gasteiger partial charge in [-0.3, -0.25) is 4.98 Å². The molecule has 1 aromatic heterocycles. The van der Waals surface area contributed by atoms with Crippen LogP contribution in [0.4, 0.5) is 0 Å². The molecule has 5 heteroatoms. The maximum atomic E-state index is 10.7. The maximum absolute atomic E-state index is 10.7. The fourth-order valence-electron chi connectivity index (χ4n) is 2.87. The van der Waals surface area contributed by atoms with Gasteiger partial charge in [-0.05, 0) is 30.9 Å². The van der Waals surface area contributed by atoms with E-state index in [1.807, 2.05) is 0 Å². The average molecular weight is 278 g/mol. The van der Waals surface area contributed by atoms with Gasteiger partial charge in [0.05, 0.1) is 16.9 Å². The minimum atomic E-state index is -0.970. The average Bonchev–Trinajstić information content (AvgIpc) is 2.38. The van der Waals surface area contributed by atoms with Crippen LogP contribution in [0.25, 0.3) is 0 Å². The van der Waals surface area contributed by atoms with Crippen LogP contribution in [0.2, 0.25) is 0 Å². The number of carboxylic acids is 1. The van der Waals surface area contributed by atoms with Crippen LogP contribution < -0.4 is 5.32 Å². The third-order valence-electron chi connectivity index (χ3n) is 3.90. The first-order valence-corrected chi connectivity index (χ1v) is 7.10. The first-order valence-electron chi connectivity index (χ1n) is 7.10. The third-order valence-corrected chi connectivity index (χ3v) is 3.90. The lowest BCUT2D eigenvalue weighted by Crippen LogP contribution is -2.43. The Morgan fingerprint density at radius 3 is 2.95 bits per heavy atom. The Hall–Kier alpha value is -1.46. The van der Waals surface area contributed by atoms with E-state index in [2.05, 4.69) is 17.2 Å². The van der Waals surface area contributed by atoms with Gasteiger partial charge in [-0.25, -0.2) is 4.79 Å². The number of hydrogen-bond acceptors (Lipinski definition) is 4. The molecule has 1 fully saturated rings. The fourth-order valence-corrected chi connectivity index (χ4v) is 2.87. The molecule has 0 amide bonds. The van der Waals surface area contributed by atoms with E-state index >= 15 is 0 Å². The zero-order valence-corrected chi connectivity index (χ0v) is 11.8. The van der Waals surface area contributed by atoms with Crippen LogP contribution in [-0.2, 0) is 6.54 Å². The van der Waals surface area contributed by atoms with Crippen LogP contribution in [0.5, 0.6) is 0 Å². The zero-order valence-electron chi connectivity index (χ0n) is 11.8. The second kappa shape index (κ2) is 6.33. The topological polar surface area (TPSA) is 82.5 Å². The van der Waals surface area contributed by atoms with Gasteiger partial charge in [-0.1, -0.05) is 19.8 Å². The SMILES string of the molecule is CC1CCCC(O)(CNCc2ccc(C(=O)O)cn2)C1. The van der Waals surface area contributed by atoms with Crippen LogP contribution >= 0.6 is 0 Å². The summed E-state index contributed by atoms with van der Waals surface area (Å²) in [6.07, 6.45) is 5.31. The molecule has 1 heterocycles. The van der Waals surface area contributed by atoms with E-state index in [4.69, 9.17) is 5.11 Å². The highest BCUT2D eigenvalue weighted by Crippen LogP contribution is 2.31. The molecule has 0 saturated heterocycles. The summed E-state index contributed by atoms with van der Waals surface area (Å²) in [4.78, 5) is 14.8. The second-order valence-electron chi connectivity index (χ2n) is 5.87. The Labute approximate surface area is 119 Å². The van der Waals surface area contributed by atoms with Crippen LogP contribution in [-0.4, -0.2) is 33.3 Å². The number of pyridine rings is 1. The lowest BCUT2D eigenvalue weighted by atomic mass is 9.79. The molecule has 1 aliphatic carbocycles. The first kappa shape index (κ1) is 14.9. The van der Waals surface area contributed by atoms with Crippen molar-refractivity contribution in [2.24, 2.45) is 5.92 Å². The van der Waals surface area contributed by atoms with Gasteiger partial charge in [0.25, 0.3) is 0 Å². The summed E-state index contributed by atoms with van der Waals surface area (Å²) in [6.45, 7) is 3.27. The number of carboxylic acid groups (broad SMARTS) is 1. The summed E-state index contributed by atoms with van der Waals surface area (Å²) in [6, 6.07) is 3.24. The van der Waals surface area contributed by atoms with Crippen LogP contribution in [0.1, 0.15) is 48.7 Å². The molecule has 5 nitrogen and oxygen atoms in total. The number of nitrogens with one attached hydrogen (secondary N) is 1. The van der Waals surface area contributed by atoms with E-state index in [1.54, 1.807) is 12.1 Å². The molecule has 2 atom stereocenters. The van der Waals surface area contributed by atoms with Crippen molar-refractivity contribution in [3.8, 4) is 0 Å². The molecule has 0 radical (unpaired) electrons. The molecule has 20 heavy (non-hydrogen) atoms. The molecule has 0 bridgehead atoms. The summed E-state index contributed by atoms with van der Waals surface area (Å²) in [5, 5.41) is 22.5. The largest absolute Gasteiger partial charge is 0.478 e. The molecule has 2 unspecified atom stereocenters. The number of nitrogens with zero attached hydrogens (tertiary/aromatic N) is 1. The highest BCUT2D eigenvalue weighted by Gasteiger charge is 2.31. The van der Waals surface area contributed by atoms with E-state index in [1.165, 1.54) is 12.6 Å². The van der Waals surface area contributed by atoms with E-state index in [0.717, 1.165) is 25.0 Å². The Morgan fingerprint density at radius 1 is 1.55 bits per heavy atom. The van der Waals surface area contributed by atoms with Gasteiger partial charge < -0.3 is 15.5 Å². The molecule has 0 aliphatic heterocycles. The quantitative estimate of drug-likeness (QED) is 0.765. The smallest absolute Gasteiger partial charge is 0.337 e. The molecule has 2 rings (SSSR count). The first-order chi connectivity index (χ1) is 9.48. The molecule has 0 spiro atoms. The van der Waals surface area contributed by atoms with Gasteiger partial charge >= 0.3 is 5.97 Å². The predicted molar refractivity (Wildman–Crippen MR) is 75.5 cm³/mol. The van der Waals surface area contributed by atoms with E-state index < -0.39 is 11.6 Å². The van der Waals surface area contributed by atoms with Crippen LogP contribution in [0.15, 0.2) is 18.3 Å². The van der Waals surface area contributed by atoms with Crippen molar-refractivity contribution in [2.45, 2.75) is 44.8 Å². The summed E-state index contributed by atoms with van der Waals surface area (Å²) >= 11 is 0. The van der Waals surface area contributed by atoms with E-state index in [0.29, 0.717) is 19.0 Å². The molecule has 1 aromatic rings. The minimum absolute atomic E-state index is 0.188. The van der Waals surface area contributed by atoms with E-state index in [-0.39, 0.29) is 5.56 Å². The molecular formula is C15H22N2O3. The number of hydrogen-bond donors (Lipinski definition) is 3. The summed E-state index contributed by atoms with van der Waals surface area (Å²) < 4.78 is 0. The molecule has 1 saturated carbocycles. The number of rotatable bonds is 5. The van der Waals surface area contributed by atoms with Crippen molar-refractivity contribution in [1.82, 2.24) is 10.3 Å². The molecule has 3 N–H and O–H groups in total. The Bertz CT molecular complexity index is 461. The van der Waals surface area contributed by atoms with Crippen molar-refractivity contribution in [3.63, 3.8) is 0 Å². The highest BCUT2D eigenvalue weighted by molar-refractivity contribution is 5.87. The Kier molecular flexibility index (Phi) is 4.73. The lowest BCUT2D eigenvalue weighted by molar-refractivity contribution is -0.0119. The number of aromatic carboxylic acids is 1. The third kappa shape index (κ3) is 4.02. The van der Waals surface area contributed by atoms with Gasteiger partial charge in [0.2, 0.25) is 0 Å². The number of aromatic nitrogens is 1. The summed E-state index contributed by atoms with van der Waals surface area (Å²) in [7, 11) is 0. The van der Waals surface area contributed by atoms with E-state index in [9.17, 15) is 9.90 Å². The van der Waals surface area contributed by atoms with Crippen molar-refractivity contribution in [2.75, 3.05) is 6.54 Å². The standard InChI is InChI=1S/C15H22N2O3/c1-11-3-2-6-15(20,7-11)10-16-9-13-5-4-12(8-17-13)14(18)19/h4-5,8,11,16,20H,2-3,6-7,9-10H2,1H3,(H,18,19). The zero-order chi connectivity index (χ0) is 14.6. The van der Waals surface area contributed by atoms with Crippen LogP contribution in [0, 0.1) is 5.92 Å². The van der Waals surface area contributed by atoms with Gasteiger partial charge in [0.1, 0.15) is 0 Å². The summed E-state index contributed by atoms with van der Waals surface area (Å²) in [5.74, 6) is -0.397. The van der Waals surface area contributed by atoms with Gasteiger partial charge in [-0.2, -0.15) is 0 Å². The second-order valence-corrected chi connectivity index (χ2v) is 5.87. The summed E-state index contributed by atoms with van der Waals surface area (Å²) in [5.41, 5.74) is 0.356. The number of aliphatic hydroxyl groups is 1. The minimum Gasteiger partial charge on any atom is -0.478 e. The van der Waals surface area contributed by atoms with Crippen molar-refractivity contribution in [1.29, 1.82) is 0 Å². The predicted octanol–water partition coefficient (Wildman–Crippen LogP) is 1.81.